The number of amides is 1. The monoisotopic (exact) mass is 433 g/mol. The van der Waals surface area contributed by atoms with Gasteiger partial charge in [-0.2, -0.15) is 0 Å². The Bertz CT molecular complexity index is 1100. The zero-order valence-electron chi connectivity index (χ0n) is 18.1. The quantitative estimate of drug-likeness (QED) is 0.526. The van der Waals surface area contributed by atoms with Crippen molar-refractivity contribution in [1.29, 1.82) is 0 Å². The van der Waals surface area contributed by atoms with E-state index >= 15 is 0 Å². The molecule has 1 aromatic heterocycles. The van der Waals surface area contributed by atoms with Crippen molar-refractivity contribution < 1.29 is 14.3 Å². The van der Waals surface area contributed by atoms with E-state index in [9.17, 15) is 4.79 Å². The van der Waals surface area contributed by atoms with Gasteiger partial charge < -0.3 is 25.8 Å². The van der Waals surface area contributed by atoms with E-state index < -0.39 is 0 Å². The predicted molar refractivity (Wildman–Crippen MR) is 124 cm³/mol. The van der Waals surface area contributed by atoms with E-state index in [1.807, 2.05) is 31.2 Å². The minimum atomic E-state index is -0.149. The number of aromatic nitrogens is 2. The smallest absolute Gasteiger partial charge is 0.251 e. The molecule has 5 rings (SSSR count). The molecule has 32 heavy (non-hydrogen) atoms. The molecule has 0 unspecified atom stereocenters. The van der Waals surface area contributed by atoms with Gasteiger partial charge in [-0.25, -0.2) is 9.97 Å². The van der Waals surface area contributed by atoms with Crippen LogP contribution in [0, 0.1) is 0 Å². The summed E-state index contributed by atoms with van der Waals surface area (Å²) >= 11 is 0. The number of hydrogen-bond donors (Lipinski definition) is 3. The third kappa shape index (κ3) is 5.15. The Morgan fingerprint density at radius 1 is 1.16 bits per heavy atom. The highest BCUT2D eigenvalue weighted by Crippen LogP contribution is 2.28. The number of hydrogen-bond acceptors (Lipinski definition) is 7. The topological polar surface area (TPSA) is 111 Å². The number of nitrogen functional groups attached to an aromatic ring is 1. The van der Waals surface area contributed by atoms with Crippen LogP contribution in [-0.4, -0.2) is 35.6 Å². The predicted octanol–water partition coefficient (Wildman–Crippen LogP) is 3.91. The molecule has 0 fully saturated rings. The first-order valence-corrected chi connectivity index (χ1v) is 10.8. The van der Waals surface area contributed by atoms with Gasteiger partial charge in [0.25, 0.3) is 5.91 Å². The van der Waals surface area contributed by atoms with Gasteiger partial charge in [0, 0.05) is 47.4 Å². The Hall–Kier alpha value is -3.65. The maximum atomic E-state index is 12.4. The summed E-state index contributed by atoms with van der Waals surface area (Å²) in [5.41, 5.74) is 10.4. The summed E-state index contributed by atoms with van der Waals surface area (Å²) < 4.78 is 11.6. The van der Waals surface area contributed by atoms with Gasteiger partial charge in [-0.05, 0) is 62.2 Å². The zero-order valence-corrected chi connectivity index (χ0v) is 18.1. The second-order valence-corrected chi connectivity index (χ2v) is 7.46. The van der Waals surface area contributed by atoms with Crippen LogP contribution in [0.1, 0.15) is 35.7 Å². The molecule has 0 radical (unpaired) electrons. The van der Waals surface area contributed by atoms with Crippen LogP contribution in [0.5, 0.6) is 5.75 Å². The maximum absolute atomic E-state index is 12.4. The molecule has 3 aromatic rings. The van der Waals surface area contributed by atoms with E-state index in [2.05, 4.69) is 20.6 Å². The van der Waals surface area contributed by atoms with Gasteiger partial charge in [0.05, 0.1) is 18.9 Å². The van der Waals surface area contributed by atoms with E-state index in [1.165, 1.54) is 0 Å². The van der Waals surface area contributed by atoms with Crippen LogP contribution < -0.4 is 21.1 Å². The molecule has 2 aliphatic heterocycles. The molecule has 0 saturated carbocycles. The summed E-state index contributed by atoms with van der Waals surface area (Å²) in [5.74, 6) is 1.08. The van der Waals surface area contributed by atoms with Crippen LogP contribution >= 0.6 is 0 Å². The van der Waals surface area contributed by atoms with Crippen molar-refractivity contribution in [2.75, 3.05) is 30.8 Å². The summed E-state index contributed by atoms with van der Waals surface area (Å²) in [4.78, 5) is 21.4. The lowest BCUT2D eigenvalue weighted by Gasteiger charge is -2.14. The van der Waals surface area contributed by atoms with Crippen LogP contribution in [0.3, 0.4) is 0 Å². The lowest BCUT2D eigenvalue weighted by molar-refractivity contribution is 0.0945. The molecular weight excluding hydrogens is 406 g/mol. The molecular formula is C24H27N5O3. The highest BCUT2D eigenvalue weighted by molar-refractivity contribution is 5.96. The first-order valence-electron chi connectivity index (χ1n) is 10.8. The molecule has 0 aliphatic carbocycles. The molecule has 2 aromatic carbocycles. The van der Waals surface area contributed by atoms with Gasteiger partial charge in [0.15, 0.2) is 0 Å². The number of anilines is 3. The van der Waals surface area contributed by atoms with E-state index in [1.54, 1.807) is 24.4 Å². The maximum Gasteiger partial charge on any atom is 0.251 e. The van der Waals surface area contributed by atoms with E-state index in [-0.39, 0.29) is 5.91 Å². The van der Waals surface area contributed by atoms with Gasteiger partial charge in [-0.3, -0.25) is 4.79 Å². The van der Waals surface area contributed by atoms with Crippen molar-refractivity contribution in [3.63, 3.8) is 0 Å². The number of nitrogens with zero attached hydrogens (tertiary/aromatic N) is 2. The Labute approximate surface area is 187 Å². The highest BCUT2D eigenvalue weighted by atomic mass is 16.5. The lowest BCUT2D eigenvalue weighted by atomic mass is 10.1. The molecule has 0 spiro atoms. The number of ether oxygens (including phenoxy) is 2. The number of benzene rings is 2. The Morgan fingerprint density at radius 2 is 2.06 bits per heavy atom. The molecule has 0 atom stereocenters. The molecule has 1 amide bonds. The van der Waals surface area contributed by atoms with Gasteiger partial charge >= 0.3 is 0 Å². The van der Waals surface area contributed by atoms with Crippen molar-refractivity contribution in [3.05, 3.63) is 59.8 Å². The number of carbonyl (C=O) groups is 1. The third-order valence-corrected chi connectivity index (χ3v) is 5.12. The molecule has 4 N–H and O–H groups in total. The number of fused-ring (bicyclic) bond motifs is 9. The fourth-order valence-electron chi connectivity index (χ4n) is 3.52. The van der Waals surface area contributed by atoms with Gasteiger partial charge in [-0.15, -0.1) is 0 Å². The fraction of sp³-hybridized carbons (Fsp3) is 0.292. The number of nitrogens with two attached hydrogens (primary N) is 1. The van der Waals surface area contributed by atoms with E-state index in [0.29, 0.717) is 49.3 Å². The molecule has 2 aliphatic rings. The van der Waals surface area contributed by atoms with E-state index in [0.717, 1.165) is 35.4 Å². The Balaban J connectivity index is 1.68. The van der Waals surface area contributed by atoms with Gasteiger partial charge in [0.2, 0.25) is 5.95 Å². The van der Waals surface area contributed by atoms with Crippen molar-refractivity contribution in [3.8, 4) is 17.0 Å². The van der Waals surface area contributed by atoms with Gasteiger partial charge in [0.1, 0.15) is 5.75 Å². The largest absolute Gasteiger partial charge is 0.494 e. The van der Waals surface area contributed by atoms with Crippen LogP contribution in [0.4, 0.5) is 17.3 Å². The molecule has 166 valence electrons. The summed E-state index contributed by atoms with van der Waals surface area (Å²) in [5, 5.41) is 6.18. The standard InChI is InChI=1S/C24H27N5O3/c1-2-32-22-8-6-18-13-17(22)15-31-12-4-3-10-26-23(30)16-5-7-19(20(25)14-16)21-9-11-27-24(28-18)29-21/h5-9,11,13-14H,2-4,10,12,15,25H2,1H3,(H,26,30)(H,27,28,29). The SMILES string of the molecule is CCOc1ccc2cc1COCCCCNC(=O)c1ccc(c(N)c1)-c1ccnc(n1)N2. The average molecular weight is 434 g/mol. The zero-order chi connectivity index (χ0) is 22.3. The normalized spacial score (nSPS) is 14.5. The second kappa shape index (κ2) is 10.1. The van der Waals surface area contributed by atoms with Crippen molar-refractivity contribution in [2.45, 2.75) is 26.4 Å². The second-order valence-electron chi connectivity index (χ2n) is 7.46. The Kier molecular flexibility index (Phi) is 6.81. The first-order chi connectivity index (χ1) is 15.6. The third-order valence-electron chi connectivity index (χ3n) is 5.12. The van der Waals surface area contributed by atoms with Crippen LogP contribution in [0.25, 0.3) is 11.3 Å². The minimum absolute atomic E-state index is 0.149. The number of carbonyl (C=O) groups excluding carboxylic acids is 1. The minimum Gasteiger partial charge on any atom is -0.494 e. The Morgan fingerprint density at radius 3 is 2.91 bits per heavy atom. The first kappa shape index (κ1) is 21.6. The van der Waals surface area contributed by atoms with Gasteiger partial charge in [-0.1, -0.05) is 0 Å². The summed E-state index contributed by atoms with van der Waals surface area (Å²) in [6.07, 6.45) is 3.33. The molecule has 8 heteroatoms. The highest BCUT2D eigenvalue weighted by Gasteiger charge is 2.12. The summed E-state index contributed by atoms with van der Waals surface area (Å²) in [6, 6.07) is 12.9. The summed E-state index contributed by atoms with van der Waals surface area (Å²) in [7, 11) is 0. The van der Waals surface area contributed by atoms with Crippen LogP contribution in [0.2, 0.25) is 0 Å². The average Bonchev–Trinajstić information content (AvgIpc) is 2.79. The van der Waals surface area contributed by atoms with Crippen molar-refractivity contribution in [2.24, 2.45) is 0 Å². The molecule has 8 nitrogen and oxygen atoms in total. The molecule has 3 heterocycles. The van der Waals surface area contributed by atoms with Crippen LogP contribution in [0.15, 0.2) is 48.7 Å². The molecule has 6 bridgehead atoms. The lowest BCUT2D eigenvalue weighted by Crippen LogP contribution is -2.24. The fourth-order valence-corrected chi connectivity index (χ4v) is 3.52. The van der Waals surface area contributed by atoms with Crippen molar-refractivity contribution in [1.82, 2.24) is 15.3 Å². The molecule has 0 saturated heterocycles. The number of rotatable bonds is 2. The van der Waals surface area contributed by atoms with E-state index in [4.69, 9.17) is 15.2 Å². The van der Waals surface area contributed by atoms with Crippen LogP contribution in [-0.2, 0) is 11.3 Å². The van der Waals surface area contributed by atoms with Crippen molar-refractivity contribution >= 4 is 23.2 Å². The number of nitrogens with one attached hydrogen (secondary N) is 2. The summed E-state index contributed by atoms with van der Waals surface area (Å²) in [6.45, 7) is 4.12.